The number of nitrogens with two attached hydrogens (primary N) is 5. The molecule has 2 aliphatic carbocycles. The number of hydrogen-bond donors (Lipinski definition) is 10. The van der Waals surface area contributed by atoms with Gasteiger partial charge in [-0.2, -0.15) is 0 Å². The zero-order valence-electron chi connectivity index (χ0n) is 74.2. The maximum atomic E-state index is 13.5. The summed E-state index contributed by atoms with van der Waals surface area (Å²) in [6.45, 7) is 5.01. The number of H-pyrrole nitrogens is 4. The Morgan fingerprint density at radius 3 is 1.05 bits per heavy atom. The smallest absolute Gasteiger partial charge is 0.319 e. The van der Waals surface area contributed by atoms with E-state index in [9.17, 15) is 33.1 Å². The number of fused-ring (bicyclic) bond motifs is 8. The van der Waals surface area contributed by atoms with Crippen molar-refractivity contribution in [2.24, 2.45) is 17.6 Å². The molecule has 6 aromatic carbocycles. The third-order valence-electron chi connectivity index (χ3n) is 26.8. The lowest BCUT2D eigenvalue weighted by atomic mass is 9.81. The van der Waals surface area contributed by atoms with E-state index in [1.807, 2.05) is 115 Å². The highest BCUT2D eigenvalue weighted by molar-refractivity contribution is 6.35. The van der Waals surface area contributed by atoms with Gasteiger partial charge in [-0.15, -0.1) is 0 Å². The van der Waals surface area contributed by atoms with Gasteiger partial charge in [0.05, 0.1) is 50.3 Å². The van der Waals surface area contributed by atoms with Gasteiger partial charge in [-0.3, -0.25) is 27.2 Å². The van der Waals surface area contributed by atoms with E-state index in [4.69, 9.17) is 60.2 Å². The standard InChI is InChI=1S/C27H25FN6O.C27H24FN5O2.C24H29N7O.C22H24ClN7O/c28-19-10-8-15(9-11-19)20-3-1-2-18-14-21(32-22(18)20)23-24-25(29)31-12-13-34(24)27(33-23)17-6-4-16(5-7-17)26(30)35;28-19-10-8-15(9-11-19)20-3-1-2-18-14-21(31-22(18)20)23-24-25(29)30-12-13-33(24)26(32-23)16-4-6-17(7-5-16)27(34)35;1-4-15-6-5-7-17-14-18(27-19(15)17)20-21-22(25)26-10-13-31(21)23(28-20)16-8-11-30(12-9-16)24(32)29(2)3;1-28(2)22(31)29-9-6-13(7-10-29)21-27-18(19-20(24)25-8-11-30(19)21)16-12-14-4-3-5-15(23)17(14)26-16/h1-3,8-14,16-17,32H,4-7H2,(H2,29,31)(H2,30,35);1-3,8-14,16-17,31H,4-7H2,(H2,29,30)(H,34,35);5-7,10,13-14,16,27H,4,8-9,11-12H2,1-3H3,(H2,25,26);3-5,8,11-13,26H,6-7,9-10H2,1-2H3,(H2,24,25). The number of amides is 5. The summed E-state index contributed by atoms with van der Waals surface area (Å²) in [6, 6.07) is 45.5. The number of aliphatic carboxylic acids is 1. The van der Waals surface area contributed by atoms with Gasteiger partial charge in [-0.1, -0.05) is 110 Å². The molecule has 18 aromatic rings. The number of imidazole rings is 4. The predicted octanol–water partition coefficient (Wildman–Crippen LogP) is 18.5. The zero-order chi connectivity index (χ0) is 92.3. The number of primary amides is 1. The van der Waals surface area contributed by atoms with Crippen molar-refractivity contribution < 1.29 is 33.1 Å². The van der Waals surface area contributed by atoms with Crippen LogP contribution < -0.4 is 28.7 Å². The highest BCUT2D eigenvalue weighted by atomic mass is 35.5. The first-order chi connectivity index (χ1) is 64.4. The number of halogens is 3. The summed E-state index contributed by atoms with van der Waals surface area (Å²) in [5.41, 5.74) is 49.4. The number of aromatic amines is 4. The van der Waals surface area contributed by atoms with Crippen molar-refractivity contribution in [1.29, 1.82) is 0 Å². The Morgan fingerprint density at radius 2 is 0.722 bits per heavy atom. The number of benzene rings is 6. The first-order valence-corrected chi connectivity index (χ1v) is 45.4. The third-order valence-corrected chi connectivity index (χ3v) is 27.1. The lowest BCUT2D eigenvalue weighted by molar-refractivity contribution is -0.142. The molecule has 133 heavy (non-hydrogen) atoms. The van der Waals surface area contributed by atoms with Gasteiger partial charge >= 0.3 is 18.0 Å². The first-order valence-electron chi connectivity index (χ1n) is 45.0. The molecule has 678 valence electrons. The minimum Gasteiger partial charge on any atom is -0.481 e. The minimum atomic E-state index is -0.722. The number of nitrogens with zero attached hydrogens (tertiary/aromatic N) is 16. The highest BCUT2D eigenvalue weighted by Crippen LogP contribution is 2.45. The molecule has 0 unspecified atom stereocenters. The van der Waals surface area contributed by atoms with Crippen molar-refractivity contribution in [3.05, 3.63) is 241 Å². The number of rotatable bonds is 13. The summed E-state index contributed by atoms with van der Waals surface area (Å²) >= 11 is 6.37. The zero-order valence-corrected chi connectivity index (χ0v) is 75.0. The summed E-state index contributed by atoms with van der Waals surface area (Å²) in [5, 5.41) is 14.3. The third kappa shape index (κ3) is 16.8. The van der Waals surface area contributed by atoms with Gasteiger partial charge in [0.25, 0.3) is 0 Å². The molecule has 0 atom stereocenters. The number of carbonyl (C=O) groups is 4. The van der Waals surface area contributed by atoms with Crippen molar-refractivity contribution >= 4 is 124 Å². The molecule has 0 bridgehead atoms. The number of anilines is 4. The summed E-state index contributed by atoms with van der Waals surface area (Å²) < 4.78 is 35.1. The van der Waals surface area contributed by atoms with E-state index in [1.54, 1.807) is 87.0 Å². The number of likely N-dealkylation sites (tertiary alicyclic amines) is 2. The molecule has 12 aromatic heterocycles. The lowest BCUT2D eigenvalue weighted by Gasteiger charge is -2.33. The number of nitrogen functional groups attached to an aromatic ring is 4. The summed E-state index contributed by atoms with van der Waals surface area (Å²) in [5.74, 6) is 4.40. The second-order valence-electron chi connectivity index (χ2n) is 35.3. The number of nitrogens with one attached hydrogen (secondary N) is 4. The van der Waals surface area contributed by atoms with Gasteiger partial charge < -0.3 is 73.3 Å². The number of piperidine rings is 2. The highest BCUT2D eigenvalue weighted by Gasteiger charge is 2.36. The predicted molar refractivity (Wildman–Crippen MR) is 515 cm³/mol. The van der Waals surface area contributed by atoms with Crippen LogP contribution in [0.15, 0.2) is 195 Å². The van der Waals surface area contributed by atoms with Gasteiger partial charge in [0.2, 0.25) is 5.91 Å². The van der Waals surface area contributed by atoms with Crippen LogP contribution >= 0.6 is 11.6 Å². The molecule has 15 N–H and O–H groups in total. The van der Waals surface area contributed by atoms with Crippen LogP contribution in [0.25, 0.3) is 133 Å². The molecule has 33 heteroatoms. The number of carbonyl (C=O) groups excluding carboxylic acids is 3. The van der Waals surface area contributed by atoms with Gasteiger partial charge in [0, 0.05) is 172 Å². The quantitative estimate of drug-likeness (QED) is 0.0512. The average molecular weight is 1810 g/mol. The van der Waals surface area contributed by atoms with Crippen LogP contribution in [0.2, 0.25) is 5.02 Å². The van der Waals surface area contributed by atoms with Crippen molar-refractivity contribution in [3.8, 4) is 67.8 Å². The fraction of sp³-hybridized carbons (Fsp3) is 0.280. The molecule has 22 rings (SSSR count). The van der Waals surface area contributed by atoms with Crippen LogP contribution in [0, 0.1) is 23.5 Å². The van der Waals surface area contributed by atoms with Gasteiger partial charge in [-0.05, 0) is 155 Å². The molecule has 4 fully saturated rings. The maximum Gasteiger partial charge on any atom is 0.319 e. The molecule has 0 spiro atoms. The number of urea groups is 2. The van der Waals surface area contributed by atoms with E-state index < -0.39 is 5.97 Å². The second kappa shape index (κ2) is 36.3. The Morgan fingerprint density at radius 1 is 0.414 bits per heavy atom. The minimum absolute atomic E-state index is 0.0514. The molecule has 2 saturated heterocycles. The molecule has 2 aliphatic heterocycles. The fourth-order valence-corrected chi connectivity index (χ4v) is 20.1. The molecule has 5 amide bonds. The number of carboxylic acids is 1. The van der Waals surface area contributed by atoms with E-state index >= 15 is 0 Å². The van der Waals surface area contributed by atoms with E-state index in [1.165, 1.54) is 35.2 Å². The van der Waals surface area contributed by atoms with E-state index in [0.717, 1.165) is 229 Å². The fourth-order valence-electron chi connectivity index (χ4n) is 19.9. The summed E-state index contributed by atoms with van der Waals surface area (Å²) in [7, 11) is 7.15. The molecule has 14 heterocycles. The number of para-hydroxylation sites is 4. The van der Waals surface area contributed by atoms with Crippen molar-refractivity contribution in [2.75, 3.05) is 77.3 Å². The Hall–Kier alpha value is -15.2. The van der Waals surface area contributed by atoms with Crippen molar-refractivity contribution in [1.82, 2.24) is 97.0 Å². The van der Waals surface area contributed by atoms with Crippen LogP contribution in [0.1, 0.15) is 137 Å². The molecule has 0 radical (unpaired) electrons. The Labute approximate surface area is 767 Å². The molecular weight excluding hydrogens is 1700 g/mol. The van der Waals surface area contributed by atoms with Crippen molar-refractivity contribution in [2.45, 2.75) is 114 Å². The number of hydrogen-bond acceptors (Lipinski definition) is 16. The van der Waals surface area contributed by atoms with Crippen LogP contribution in [0.4, 0.5) is 41.6 Å². The van der Waals surface area contributed by atoms with Crippen LogP contribution in [-0.4, -0.2) is 180 Å². The van der Waals surface area contributed by atoms with Gasteiger partial charge in [0.15, 0.2) is 0 Å². The van der Waals surface area contributed by atoms with Gasteiger partial charge in [0.1, 0.15) is 103 Å². The van der Waals surface area contributed by atoms with Gasteiger partial charge in [-0.25, -0.2) is 58.2 Å². The molecule has 30 nitrogen and oxygen atoms in total. The SMILES string of the molecule is CCc1cccc2cc(-c3nc(C4CCN(C(=O)N(C)C)CC4)n4ccnc(N)c34)[nH]c12.CN(C)C(=O)N1CCC(c2nc(-c3cc4cccc(Cl)c4[nH]3)c3c(N)nccn23)CC1.NC(=O)C1CCC(c2nc(-c3cc4cccc(-c5ccc(F)cc5)c4[nH]3)c3c(N)nccn23)CC1.Nc1nccn2c(C3CCC(C(=O)O)CC3)nc(-c3cc4cccc(-c5ccc(F)cc5)c4[nH]3)c12. The number of aromatic nitrogens is 16. The maximum absolute atomic E-state index is 13.5. The van der Waals surface area contributed by atoms with E-state index in [-0.39, 0.29) is 65.1 Å². The average Bonchev–Trinajstić information content (AvgIpc) is 1.61. The van der Waals surface area contributed by atoms with Crippen LogP contribution in [0.5, 0.6) is 0 Å². The topological polar surface area (TPSA) is 415 Å². The molecular formula is C100H102ClF2N25O5. The Kier molecular flexibility index (Phi) is 23.8. The van der Waals surface area contributed by atoms with Crippen LogP contribution in [-0.2, 0) is 16.0 Å². The lowest BCUT2D eigenvalue weighted by Crippen LogP contribution is -2.43. The molecule has 4 aliphatic rings. The first kappa shape index (κ1) is 87.1. The van der Waals surface area contributed by atoms with Crippen LogP contribution in [0.3, 0.4) is 0 Å². The van der Waals surface area contributed by atoms with Crippen molar-refractivity contribution in [3.63, 3.8) is 0 Å². The second-order valence-corrected chi connectivity index (χ2v) is 35.7. The number of carboxylic acid groups (broad SMARTS) is 1. The summed E-state index contributed by atoms with van der Waals surface area (Å²) in [4.78, 5) is 106. The monoisotopic (exact) mass is 1810 g/mol. The summed E-state index contributed by atoms with van der Waals surface area (Å²) in [6.07, 6.45) is 24.8. The molecule has 2 saturated carbocycles. The van der Waals surface area contributed by atoms with E-state index in [2.05, 4.69) is 81.5 Å². The largest absolute Gasteiger partial charge is 0.481 e. The Balaban J connectivity index is 0.000000114. The number of aryl methyl sites for hydroxylation is 1. The normalized spacial score (nSPS) is 16.8. The van der Waals surface area contributed by atoms with E-state index in [0.29, 0.717) is 59.9 Å². The Bertz CT molecular complexity index is 7220.